The highest BCUT2D eigenvalue weighted by molar-refractivity contribution is 6.33. The van der Waals surface area contributed by atoms with Gasteiger partial charge >= 0.3 is 5.97 Å². The number of benzene rings is 2. The molecule has 0 aromatic heterocycles. The number of hydrogen-bond donors (Lipinski definition) is 1. The van der Waals surface area contributed by atoms with Crippen LogP contribution in [0.4, 0.5) is 5.69 Å². The summed E-state index contributed by atoms with van der Waals surface area (Å²) in [5.74, 6) is -0.446. The summed E-state index contributed by atoms with van der Waals surface area (Å²) >= 11 is 11.6. The summed E-state index contributed by atoms with van der Waals surface area (Å²) < 4.78 is 5.17. The van der Waals surface area contributed by atoms with Gasteiger partial charge in [-0.15, -0.1) is 0 Å². The van der Waals surface area contributed by atoms with Crippen molar-refractivity contribution in [1.82, 2.24) is 0 Å². The standard InChI is InChI=1S/C14H11Cl2NO2/c15-11-4-1-9(2-5-11)8-19-14(18)10-3-6-12(16)13(17)7-10/h1-7H,8,17H2. The smallest absolute Gasteiger partial charge is 0.338 e. The highest BCUT2D eigenvalue weighted by Gasteiger charge is 2.09. The van der Waals surface area contributed by atoms with Crippen LogP contribution in [-0.4, -0.2) is 5.97 Å². The third-order valence-electron chi connectivity index (χ3n) is 2.51. The molecule has 0 aliphatic carbocycles. The third-order valence-corrected chi connectivity index (χ3v) is 3.11. The van der Waals surface area contributed by atoms with Gasteiger partial charge in [-0.05, 0) is 35.9 Å². The minimum atomic E-state index is -0.446. The van der Waals surface area contributed by atoms with E-state index in [1.165, 1.54) is 6.07 Å². The second kappa shape index (κ2) is 5.95. The number of carbonyl (C=O) groups excluding carboxylic acids is 1. The van der Waals surface area contributed by atoms with E-state index in [1.807, 2.05) is 0 Å². The van der Waals surface area contributed by atoms with E-state index >= 15 is 0 Å². The van der Waals surface area contributed by atoms with E-state index in [-0.39, 0.29) is 6.61 Å². The van der Waals surface area contributed by atoms with E-state index in [0.717, 1.165) is 5.56 Å². The minimum absolute atomic E-state index is 0.179. The monoisotopic (exact) mass is 295 g/mol. The van der Waals surface area contributed by atoms with Crippen LogP contribution in [0.5, 0.6) is 0 Å². The van der Waals surface area contributed by atoms with Crippen LogP contribution in [0.25, 0.3) is 0 Å². The van der Waals surface area contributed by atoms with Crippen LogP contribution < -0.4 is 5.73 Å². The summed E-state index contributed by atoms with van der Waals surface area (Å²) in [5.41, 5.74) is 7.21. The second-order valence-corrected chi connectivity index (χ2v) is 4.78. The molecule has 0 saturated heterocycles. The summed E-state index contributed by atoms with van der Waals surface area (Å²) in [4.78, 5) is 11.8. The molecular weight excluding hydrogens is 285 g/mol. The van der Waals surface area contributed by atoms with E-state index in [0.29, 0.717) is 21.3 Å². The van der Waals surface area contributed by atoms with Crippen molar-refractivity contribution in [3.05, 3.63) is 63.6 Å². The molecule has 0 amide bonds. The van der Waals surface area contributed by atoms with Gasteiger partial charge < -0.3 is 10.5 Å². The van der Waals surface area contributed by atoms with E-state index < -0.39 is 5.97 Å². The molecule has 2 aromatic carbocycles. The molecule has 0 unspecified atom stereocenters. The Hall–Kier alpha value is -1.71. The third kappa shape index (κ3) is 3.63. The molecule has 19 heavy (non-hydrogen) atoms. The molecule has 0 heterocycles. The summed E-state index contributed by atoms with van der Waals surface area (Å²) in [7, 11) is 0. The zero-order chi connectivity index (χ0) is 13.8. The van der Waals surface area contributed by atoms with Crippen LogP contribution in [0.3, 0.4) is 0 Å². The maximum atomic E-state index is 11.8. The van der Waals surface area contributed by atoms with Crippen molar-refractivity contribution in [2.45, 2.75) is 6.61 Å². The van der Waals surface area contributed by atoms with Gasteiger partial charge in [0.05, 0.1) is 16.3 Å². The maximum absolute atomic E-state index is 11.8. The van der Waals surface area contributed by atoms with Gasteiger partial charge in [0.15, 0.2) is 0 Å². The van der Waals surface area contributed by atoms with Crippen LogP contribution in [0, 0.1) is 0 Å². The average Bonchev–Trinajstić information content (AvgIpc) is 2.41. The number of carbonyl (C=O) groups is 1. The van der Waals surface area contributed by atoms with Crippen LogP contribution in [0.2, 0.25) is 10.0 Å². The van der Waals surface area contributed by atoms with Crippen LogP contribution in [0.15, 0.2) is 42.5 Å². The molecule has 0 aliphatic heterocycles. The Balaban J connectivity index is 2.01. The molecule has 0 bridgehead atoms. The largest absolute Gasteiger partial charge is 0.457 e. The molecule has 2 rings (SSSR count). The molecule has 0 fully saturated rings. The van der Waals surface area contributed by atoms with E-state index in [1.54, 1.807) is 36.4 Å². The Labute approximate surface area is 120 Å². The number of rotatable bonds is 3. The van der Waals surface area contributed by atoms with Gasteiger partial charge in [0.1, 0.15) is 6.61 Å². The van der Waals surface area contributed by atoms with Crippen molar-refractivity contribution < 1.29 is 9.53 Å². The van der Waals surface area contributed by atoms with Crippen molar-refractivity contribution in [2.24, 2.45) is 0 Å². The van der Waals surface area contributed by atoms with Gasteiger partial charge in [0, 0.05) is 5.02 Å². The molecule has 0 atom stereocenters. The van der Waals surface area contributed by atoms with Gasteiger partial charge in [-0.2, -0.15) is 0 Å². The zero-order valence-electron chi connectivity index (χ0n) is 9.90. The Morgan fingerprint density at radius 1 is 1.11 bits per heavy atom. The van der Waals surface area contributed by atoms with Gasteiger partial charge in [-0.1, -0.05) is 35.3 Å². The highest BCUT2D eigenvalue weighted by atomic mass is 35.5. The topological polar surface area (TPSA) is 52.3 Å². The van der Waals surface area contributed by atoms with Crippen molar-refractivity contribution in [3.8, 4) is 0 Å². The normalized spacial score (nSPS) is 10.2. The molecule has 0 aliphatic rings. The Bertz CT molecular complexity index is 597. The van der Waals surface area contributed by atoms with Crippen molar-refractivity contribution in [1.29, 1.82) is 0 Å². The molecule has 98 valence electrons. The van der Waals surface area contributed by atoms with E-state index in [9.17, 15) is 4.79 Å². The maximum Gasteiger partial charge on any atom is 0.338 e. The molecule has 2 aromatic rings. The van der Waals surface area contributed by atoms with Crippen molar-refractivity contribution in [3.63, 3.8) is 0 Å². The summed E-state index contributed by atoms with van der Waals surface area (Å²) in [6.45, 7) is 0.179. The van der Waals surface area contributed by atoms with Gasteiger partial charge in [0.25, 0.3) is 0 Å². The lowest BCUT2D eigenvalue weighted by atomic mass is 10.2. The molecule has 0 spiro atoms. The second-order valence-electron chi connectivity index (χ2n) is 3.94. The van der Waals surface area contributed by atoms with Gasteiger partial charge in [-0.25, -0.2) is 4.79 Å². The predicted molar refractivity (Wildman–Crippen MR) is 76.4 cm³/mol. The zero-order valence-corrected chi connectivity index (χ0v) is 11.4. The number of hydrogen-bond acceptors (Lipinski definition) is 3. The molecule has 3 nitrogen and oxygen atoms in total. The van der Waals surface area contributed by atoms with E-state index in [2.05, 4.69) is 0 Å². The lowest BCUT2D eigenvalue weighted by Crippen LogP contribution is -2.05. The Morgan fingerprint density at radius 3 is 2.42 bits per heavy atom. The summed E-state index contributed by atoms with van der Waals surface area (Å²) in [6.07, 6.45) is 0. The molecule has 0 radical (unpaired) electrons. The Morgan fingerprint density at radius 2 is 1.79 bits per heavy atom. The number of nitrogen functional groups attached to an aromatic ring is 1. The van der Waals surface area contributed by atoms with Crippen LogP contribution in [-0.2, 0) is 11.3 Å². The molecule has 5 heteroatoms. The average molecular weight is 296 g/mol. The van der Waals surface area contributed by atoms with Crippen LogP contribution in [0.1, 0.15) is 15.9 Å². The first-order valence-electron chi connectivity index (χ1n) is 5.53. The van der Waals surface area contributed by atoms with Gasteiger partial charge in [-0.3, -0.25) is 0 Å². The van der Waals surface area contributed by atoms with Crippen LogP contribution >= 0.6 is 23.2 Å². The molecule has 0 saturated carbocycles. The van der Waals surface area contributed by atoms with E-state index in [4.69, 9.17) is 33.7 Å². The SMILES string of the molecule is Nc1cc(C(=O)OCc2ccc(Cl)cc2)ccc1Cl. The summed E-state index contributed by atoms with van der Waals surface area (Å²) in [6, 6.07) is 11.7. The number of nitrogens with two attached hydrogens (primary N) is 1. The lowest BCUT2D eigenvalue weighted by molar-refractivity contribution is 0.0473. The number of halogens is 2. The van der Waals surface area contributed by atoms with Gasteiger partial charge in [0.2, 0.25) is 0 Å². The first kappa shape index (κ1) is 13.7. The lowest BCUT2D eigenvalue weighted by Gasteiger charge is -2.06. The fraction of sp³-hybridized carbons (Fsp3) is 0.0714. The fourth-order valence-corrected chi connectivity index (χ4v) is 1.73. The number of esters is 1. The molecular formula is C14H11Cl2NO2. The number of ether oxygens (including phenoxy) is 1. The van der Waals surface area contributed by atoms with Crippen molar-refractivity contribution >= 4 is 34.9 Å². The highest BCUT2D eigenvalue weighted by Crippen LogP contribution is 2.20. The summed E-state index contributed by atoms with van der Waals surface area (Å²) in [5, 5.41) is 1.05. The molecule has 2 N–H and O–H groups in total. The first-order valence-corrected chi connectivity index (χ1v) is 6.28. The fourth-order valence-electron chi connectivity index (χ4n) is 1.48. The quantitative estimate of drug-likeness (QED) is 0.689. The van der Waals surface area contributed by atoms with Crippen molar-refractivity contribution in [2.75, 3.05) is 5.73 Å². The Kier molecular flexibility index (Phi) is 4.30. The number of anilines is 1. The first-order chi connectivity index (χ1) is 9.06. The predicted octanol–water partition coefficient (Wildman–Crippen LogP) is 3.93. The minimum Gasteiger partial charge on any atom is -0.457 e.